The maximum atomic E-state index is 12.6. The van der Waals surface area contributed by atoms with Crippen molar-refractivity contribution in [2.75, 3.05) is 25.1 Å². The van der Waals surface area contributed by atoms with E-state index in [1.165, 1.54) is 6.42 Å². The maximum absolute atomic E-state index is 12.6. The molecule has 1 aromatic carbocycles. The predicted octanol–water partition coefficient (Wildman–Crippen LogP) is 2.87. The Kier molecular flexibility index (Phi) is 4.68. The first-order chi connectivity index (χ1) is 12.7. The van der Waals surface area contributed by atoms with E-state index in [0.29, 0.717) is 30.2 Å². The van der Waals surface area contributed by atoms with E-state index >= 15 is 0 Å². The van der Waals surface area contributed by atoms with Crippen LogP contribution >= 0.6 is 0 Å². The highest BCUT2D eigenvalue weighted by Crippen LogP contribution is 2.41. The van der Waals surface area contributed by atoms with E-state index in [4.69, 9.17) is 9.47 Å². The van der Waals surface area contributed by atoms with Gasteiger partial charge in [-0.2, -0.15) is 0 Å². The predicted molar refractivity (Wildman–Crippen MR) is 99.7 cm³/mol. The highest BCUT2D eigenvalue weighted by atomic mass is 16.5. The Morgan fingerprint density at radius 3 is 2.96 bits per heavy atom. The third kappa shape index (κ3) is 3.33. The van der Waals surface area contributed by atoms with Gasteiger partial charge >= 0.3 is 0 Å². The average molecular weight is 355 g/mol. The molecule has 1 fully saturated rings. The first-order valence-electron chi connectivity index (χ1n) is 9.33. The van der Waals surface area contributed by atoms with Crippen molar-refractivity contribution in [1.29, 1.82) is 0 Å². The van der Waals surface area contributed by atoms with Crippen LogP contribution in [0.5, 0.6) is 5.75 Å². The van der Waals surface area contributed by atoms with E-state index in [-0.39, 0.29) is 11.0 Å². The van der Waals surface area contributed by atoms with Gasteiger partial charge in [0.15, 0.2) is 0 Å². The topological polar surface area (TPSA) is 76.2 Å². The van der Waals surface area contributed by atoms with Crippen molar-refractivity contribution in [2.24, 2.45) is 5.41 Å². The minimum absolute atomic E-state index is 0.0923. The fraction of sp³-hybridized carbons (Fsp3) is 0.500. The van der Waals surface area contributed by atoms with Gasteiger partial charge in [0, 0.05) is 30.6 Å². The Morgan fingerprint density at radius 1 is 1.35 bits per heavy atom. The summed E-state index contributed by atoms with van der Waals surface area (Å²) in [5.74, 6) is 1.34. The summed E-state index contributed by atoms with van der Waals surface area (Å²) in [4.78, 5) is 20.1. The van der Waals surface area contributed by atoms with Gasteiger partial charge in [-0.15, -0.1) is 0 Å². The number of nitrogens with one attached hydrogen (secondary N) is 2. The molecule has 0 unspecified atom stereocenters. The van der Waals surface area contributed by atoms with Gasteiger partial charge in [0.25, 0.3) is 5.56 Å². The van der Waals surface area contributed by atoms with Gasteiger partial charge in [-0.3, -0.25) is 9.78 Å². The number of para-hydroxylation sites is 1. The standard InChI is InChI=1S/C20H25N3O3/c1-2-25-13-20(8-5-9-20)12-21-19-22-16-11-26-17-7-4-3-6-14(17)10-15(16)18(24)23-19/h3-4,6-7H,2,5,8-13H2,1H3,(H2,21,22,23,24). The molecule has 0 saturated heterocycles. The summed E-state index contributed by atoms with van der Waals surface area (Å²) in [7, 11) is 0. The van der Waals surface area contributed by atoms with E-state index in [0.717, 1.165) is 43.9 Å². The summed E-state index contributed by atoms with van der Waals surface area (Å²) in [6.45, 7) is 4.58. The molecule has 0 atom stereocenters. The summed E-state index contributed by atoms with van der Waals surface area (Å²) in [6.07, 6.45) is 4.07. The van der Waals surface area contributed by atoms with Crippen LogP contribution in [-0.4, -0.2) is 29.7 Å². The van der Waals surface area contributed by atoms with Crippen LogP contribution in [0.15, 0.2) is 29.1 Å². The van der Waals surface area contributed by atoms with E-state index in [1.54, 1.807) is 0 Å². The van der Waals surface area contributed by atoms with Crippen LogP contribution in [0, 0.1) is 5.41 Å². The molecule has 26 heavy (non-hydrogen) atoms. The second-order valence-corrected chi connectivity index (χ2v) is 7.26. The lowest BCUT2D eigenvalue weighted by atomic mass is 9.69. The Labute approximate surface area is 153 Å². The highest BCUT2D eigenvalue weighted by molar-refractivity contribution is 5.41. The smallest absolute Gasteiger partial charge is 0.256 e. The molecule has 1 saturated carbocycles. The largest absolute Gasteiger partial charge is 0.487 e. The second-order valence-electron chi connectivity index (χ2n) is 7.26. The summed E-state index contributed by atoms with van der Waals surface area (Å²) >= 11 is 0. The molecule has 2 aromatic rings. The lowest BCUT2D eigenvalue weighted by Gasteiger charge is -2.41. The quantitative estimate of drug-likeness (QED) is 0.833. The zero-order chi connectivity index (χ0) is 18.0. The van der Waals surface area contributed by atoms with Crippen LogP contribution in [0.1, 0.15) is 43.0 Å². The Bertz CT molecular complexity index is 842. The number of anilines is 1. The second kappa shape index (κ2) is 7.11. The van der Waals surface area contributed by atoms with E-state index in [1.807, 2.05) is 31.2 Å². The fourth-order valence-electron chi connectivity index (χ4n) is 3.70. The molecule has 2 aliphatic rings. The molecule has 138 valence electrons. The number of hydrogen-bond acceptors (Lipinski definition) is 5. The normalized spacial score (nSPS) is 17.3. The van der Waals surface area contributed by atoms with Gasteiger partial charge in [-0.05, 0) is 31.4 Å². The van der Waals surface area contributed by atoms with Gasteiger partial charge < -0.3 is 14.8 Å². The van der Waals surface area contributed by atoms with Crippen molar-refractivity contribution in [1.82, 2.24) is 9.97 Å². The minimum Gasteiger partial charge on any atom is -0.487 e. The van der Waals surface area contributed by atoms with Crippen LogP contribution in [-0.2, 0) is 17.8 Å². The van der Waals surface area contributed by atoms with Gasteiger partial charge in [-0.1, -0.05) is 24.6 Å². The molecule has 1 aliphatic carbocycles. The number of aromatic amines is 1. The van der Waals surface area contributed by atoms with E-state index < -0.39 is 0 Å². The van der Waals surface area contributed by atoms with Crippen LogP contribution < -0.4 is 15.6 Å². The molecule has 2 N–H and O–H groups in total. The van der Waals surface area contributed by atoms with Crippen molar-refractivity contribution < 1.29 is 9.47 Å². The highest BCUT2D eigenvalue weighted by Gasteiger charge is 2.37. The molecular weight excluding hydrogens is 330 g/mol. The van der Waals surface area contributed by atoms with Crippen molar-refractivity contribution in [3.63, 3.8) is 0 Å². The fourth-order valence-corrected chi connectivity index (χ4v) is 3.70. The number of nitrogens with zero attached hydrogens (tertiary/aromatic N) is 1. The molecule has 2 heterocycles. The number of fused-ring (bicyclic) bond motifs is 2. The van der Waals surface area contributed by atoms with Crippen molar-refractivity contribution in [2.45, 2.75) is 39.2 Å². The molecular formula is C20H25N3O3. The summed E-state index contributed by atoms with van der Waals surface area (Å²) < 4.78 is 11.5. The first kappa shape index (κ1) is 17.1. The number of benzene rings is 1. The molecule has 0 amide bonds. The van der Waals surface area contributed by atoms with Crippen LogP contribution in [0.4, 0.5) is 5.95 Å². The molecule has 6 nitrogen and oxygen atoms in total. The number of H-pyrrole nitrogens is 1. The van der Waals surface area contributed by atoms with Crippen LogP contribution in [0.25, 0.3) is 0 Å². The molecule has 1 aliphatic heterocycles. The number of hydrogen-bond donors (Lipinski definition) is 2. The molecule has 1 aromatic heterocycles. The minimum atomic E-state index is -0.0923. The SMILES string of the molecule is CCOCC1(CNc2nc3c(c(=O)[nH]2)Cc2ccccc2OC3)CCC1. The Balaban J connectivity index is 1.52. The van der Waals surface area contributed by atoms with Gasteiger partial charge in [0.2, 0.25) is 5.95 Å². The Morgan fingerprint density at radius 2 is 2.19 bits per heavy atom. The van der Waals surface area contributed by atoms with Crippen LogP contribution in [0.3, 0.4) is 0 Å². The number of rotatable bonds is 6. The number of ether oxygens (including phenoxy) is 2. The Hall–Kier alpha value is -2.34. The zero-order valence-corrected chi connectivity index (χ0v) is 15.1. The molecule has 6 heteroatoms. The van der Waals surface area contributed by atoms with Crippen molar-refractivity contribution in [3.8, 4) is 5.75 Å². The lowest BCUT2D eigenvalue weighted by molar-refractivity contribution is 0.00793. The third-order valence-corrected chi connectivity index (χ3v) is 5.46. The maximum Gasteiger partial charge on any atom is 0.256 e. The monoisotopic (exact) mass is 355 g/mol. The average Bonchev–Trinajstić information content (AvgIpc) is 2.81. The van der Waals surface area contributed by atoms with Gasteiger partial charge in [0.05, 0.1) is 12.3 Å². The third-order valence-electron chi connectivity index (χ3n) is 5.46. The molecule has 0 radical (unpaired) electrons. The van der Waals surface area contributed by atoms with E-state index in [2.05, 4.69) is 15.3 Å². The van der Waals surface area contributed by atoms with Gasteiger partial charge in [-0.25, -0.2) is 4.98 Å². The summed E-state index contributed by atoms with van der Waals surface area (Å²) in [5.41, 5.74) is 2.48. The lowest BCUT2D eigenvalue weighted by Crippen LogP contribution is -2.41. The van der Waals surface area contributed by atoms with Crippen LogP contribution in [0.2, 0.25) is 0 Å². The zero-order valence-electron chi connectivity index (χ0n) is 15.1. The molecule has 4 rings (SSSR count). The summed E-state index contributed by atoms with van der Waals surface area (Å²) in [5, 5.41) is 3.33. The first-order valence-corrected chi connectivity index (χ1v) is 9.33. The van der Waals surface area contributed by atoms with Crippen molar-refractivity contribution >= 4 is 5.95 Å². The number of aromatic nitrogens is 2. The van der Waals surface area contributed by atoms with Gasteiger partial charge in [0.1, 0.15) is 12.4 Å². The molecule has 0 bridgehead atoms. The van der Waals surface area contributed by atoms with E-state index in [9.17, 15) is 4.79 Å². The molecule has 0 spiro atoms. The summed E-state index contributed by atoms with van der Waals surface area (Å²) in [6, 6.07) is 7.82. The van der Waals surface area contributed by atoms with Crippen molar-refractivity contribution in [3.05, 3.63) is 51.4 Å².